The van der Waals surface area contributed by atoms with Crippen LogP contribution in [0, 0.1) is 0 Å². The molecule has 1 aliphatic rings. The first-order valence-electron chi connectivity index (χ1n) is 9.06. The second-order valence-electron chi connectivity index (χ2n) is 6.57. The maximum atomic E-state index is 13.0. The quantitative estimate of drug-likeness (QED) is 0.708. The Balaban J connectivity index is 1.74. The van der Waals surface area contributed by atoms with Crippen molar-refractivity contribution in [1.29, 1.82) is 0 Å². The number of ether oxygens (including phenoxy) is 1. The third-order valence-corrected chi connectivity index (χ3v) is 6.09. The van der Waals surface area contributed by atoms with Crippen LogP contribution in [0.1, 0.15) is 22.8 Å². The number of sulfonamides is 1. The summed E-state index contributed by atoms with van der Waals surface area (Å²) < 4.78 is 34.4. The van der Waals surface area contributed by atoms with E-state index < -0.39 is 15.9 Å². The fourth-order valence-electron chi connectivity index (χ4n) is 3.17. The molecule has 1 aromatic heterocycles. The van der Waals surface area contributed by atoms with E-state index in [2.05, 4.69) is 9.71 Å². The maximum absolute atomic E-state index is 13.0. The van der Waals surface area contributed by atoms with Crippen LogP contribution in [-0.4, -0.2) is 26.4 Å². The molecule has 0 saturated carbocycles. The summed E-state index contributed by atoms with van der Waals surface area (Å²) in [6.07, 6.45) is 2.25. The number of benzene rings is 2. The number of aromatic nitrogens is 1. The van der Waals surface area contributed by atoms with Crippen molar-refractivity contribution >= 4 is 27.4 Å². The predicted octanol–water partition coefficient (Wildman–Crippen LogP) is 3.83. The minimum absolute atomic E-state index is 0.0218. The minimum atomic E-state index is -3.89. The molecular weight excluding hydrogens is 390 g/mol. The monoisotopic (exact) mass is 409 g/mol. The summed E-state index contributed by atoms with van der Waals surface area (Å²) in [5.74, 6) is 0.672. The van der Waals surface area contributed by atoms with Crippen LogP contribution in [0.15, 0.2) is 65.7 Å². The van der Waals surface area contributed by atoms with Gasteiger partial charge < -0.3 is 4.74 Å². The highest BCUT2D eigenvalue weighted by atomic mass is 32.2. The standard InChI is InChI=1S/C21H19N3O4S/c1-3-14-7-4-5-8-17(14)23-29(26,27)15-10-11-18-16(13-15)21(25)24(2)20-19(28-18)9-6-12-22-20/h4-13,23H,3H2,1-2H3. The number of hydrogen-bond donors (Lipinski definition) is 1. The summed E-state index contributed by atoms with van der Waals surface area (Å²) in [6, 6.07) is 14.9. The number of carbonyl (C=O) groups excluding carboxylic acids is 1. The van der Waals surface area contributed by atoms with Gasteiger partial charge in [-0.3, -0.25) is 14.4 Å². The van der Waals surface area contributed by atoms with E-state index in [1.54, 1.807) is 37.5 Å². The van der Waals surface area contributed by atoms with Gasteiger partial charge in [-0.15, -0.1) is 0 Å². The number of anilines is 2. The number of aryl methyl sites for hydroxylation is 1. The molecule has 0 aliphatic carbocycles. The average Bonchev–Trinajstić information content (AvgIpc) is 2.83. The highest BCUT2D eigenvalue weighted by Crippen LogP contribution is 2.37. The van der Waals surface area contributed by atoms with Crippen molar-refractivity contribution in [2.45, 2.75) is 18.2 Å². The average molecular weight is 409 g/mol. The van der Waals surface area contributed by atoms with Gasteiger partial charge in [0, 0.05) is 13.2 Å². The molecule has 2 aromatic carbocycles. The summed E-state index contributed by atoms with van der Waals surface area (Å²) in [5.41, 5.74) is 1.55. The highest BCUT2D eigenvalue weighted by molar-refractivity contribution is 7.92. The van der Waals surface area contributed by atoms with Crippen molar-refractivity contribution in [2.75, 3.05) is 16.7 Å². The molecule has 8 heteroatoms. The van der Waals surface area contributed by atoms with Crippen molar-refractivity contribution in [2.24, 2.45) is 0 Å². The Hall–Kier alpha value is -3.39. The van der Waals surface area contributed by atoms with E-state index in [1.165, 1.54) is 23.1 Å². The smallest absolute Gasteiger partial charge is 0.263 e. The van der Waals surface area contributed by atoms with Gasteiger partial charge in [-0.1, -0.05) is 25.1 Å². The van der Waals surface area contributed by atoms with E-state index in [0.29, 0.717) is 23.7 Å². The molecule has 0 spiro atoms. The van der Waals surface area contributed by atoms with E-state index in [4.69, 9.17) is 4.74 Å². The van der Waals surface area contributed by atoms with Crippen molar-refractivity contribution in [1.82, 2.24) is 4.98 Å². The number of amides is 1. The molecule has 0 fully saturated rings. The second kappa shape index (κ2) is 7.21. The van der Waals surface area contributed by atoms with Crippen LogP contribution in [0.3, 0.4) is 0 Å². The number of pyridine rings is 1. The number of rotatable bonds is 4. The molecule has 2 heterocycles. The topological polar surface area (TPSA) is 88.6 Å². The number of fused-ring (bicyclic) bond motifs is 2. The summed E-state index contributed by atoms with van der Waals surface area (Å²) >= 11 is 0. The zero-order valence-electron chi connectivity index (χ0n) is 15.9. The Bertz CT molecular complexity index is 1210. The summed E-state index contributed by atoms with van der Waals surface area (Å²) in [4.78, 5) is 18.4. The molecule has 0 saturated heterocycles. The van der Waals surface area contributed by atoms with Gasteiger partial charge in [-0.25, -0.2) is 13.4 Å². The summed E-state index contributed by atoms with van der Waals surface area (Å²) in [5, 5.41) is 0. The summed E-state index contributed by atoms with van der Waals surface area (Å²) in [7, 11) is -2.32. The Morgan fingerprint density at radius 1 is 1.07 bits per heavy atom. The first-order valence-corrected chi connectivity index (χ1v) is 10.5. The predicted molar refractivity (Wildman–Crippen MR) is 110 cm³/mol. The van der Waals surface area contributed by atoms with Gasteiger partial charge in [-0.2, -0.15) is 0 Å². The third kappa shape index (κ3) is 3.42. The fraction of sp³-hybridized carbons (Fsp3) is 0.143. The Morgan fingerprint density at radius 3 is 2.66 bits per heavy atom. The number of nitrogens with zero attached hydrogens (tertiary/aromatic N) is 2. The van der Waals surface area contributed by atoms with Gasteiger partial charge in [-0.05, 0) is 48.4 Å². The van der Waals surface area contributed by atoms with E-state index in [1.807, 2.05) is 19.1 Å². The second-order valence-corrected chi connectivity index (χ2v) is 8.25. The third-order valence-electron chi connectivity index (χ3n) is 4.73. The molecule has 29 heavy (non-hydrogen) atoms. The fourth-order valence-corrected chi connectivity index (χ4v) is 4.30. The van der Waals surface area contributed by atoms with Gasteiger partial charge in [0.2, 0.25) is 0 Å². The van der Waals surface area contributed by atoms with E-state index in [0.717, 1.165) is 5.56 Å². The SMILES string of the molecule is CCc1ccccc1NS(=O)(=O)c1ccc2c(c1)C(=O)N(C)c1ncccc1O2. The molecule has 0 unspecified atom stereocenters. The number of para-hydroxylation sites is 1. The molecule has 1 aliphatic heterocycles. The van der Waals surface area contributed by atoms with Crippen LogP contribution in [0.4, 0.5) is 11.5 Å². The number of hydrogen-bond acceptors (Lipinski definition) is 5. The lowest BCUT2D eigenvalue weighted by atomic mass is 10.1. The molecule has 0 radical (unpaired) electrons. The lowest BCUT2D eigenvalue weighted by Gasteiger charge is -2.15. The molecular formula is C21H19N3O4S. The Labute approximate surface area is 169 Å². The van der Waals surface area contributed by atoms with Crippen LogP contribution >= 0.6 is 0 Å². The van der Waals surface area contributed by atoms with E-state index >= 15 is 0 Å². The lowest BCUT2D eigenvalue weighted by Crippen LogP contribution is -2.26. The molecule has 0 atom stereocenters. The normalized spacial score (nSPS) is 13.2. The van der Waals surface area contributed by atoms with Gasteiger partial charge in [0.15, 0.2) is 11.6 Å². The molecule has 1 amide bonds. The van der Waals surface area contributed by atoms with Crippen LogP contribution < -0.4 is 14.4 Å². The van der Waals surface area contributed by atoms with Gasteiger partial charge in [0.25, 0.3) is 15.9 Å². The van der Waals surface area contributed by atoms with Gasteiger partial charge in [0.05, 0.1) is 16.1 Å². The first-order chi connectivity index (χ1) is 13.9. The van der Waals surface area contributed by atoms with Crippen LogP contribution in [0.2, 0.25) is 0 Å². The van der Waals surface area contributed by atoms with E-state index in [9.17, 15) is 13.2 Å². The maximum Gasteiger partial charge on any atom is 0.263 e. The molecule has 3 aromatic rings. The Kier molecular flexibility index (Phi) is 4.71. The van der Waals surface area contributed by atoms with Crippen molar-refractivity contribution < 1.29 is 17.9 Å². The number of nitrogens with one attached hydrogen (secondary N) is 1. The molecule has 7 nitrogen and oxygen atoms in total. The van der Waals surface area contributed by atoms with Crippen molar-refractivity contribution in [3.05, 3.63) is 71.9 Å². The highest BCUT2D eigenvalue weighted by Gasteiger charge is 2.28. The molecule has 148 valence electrons. The van der Waals surface area contributed by atoms with Crippen LogP contribution in [0.25, 0.3) is 0 Å². The first kappa shape index (κ1) is 18.9. The molecule has 4 rings (SSSR count). The largest absolute Gasteiger partial charge is 0.453 e. The van der Waals surface area contributed by atoms with Gasteiger partial charge in [0.1, 0.15) is 5.75 Å². The number of carbonyl (C=O) groups is 1. The van der Waals surface area contributed by atoms with E-state index in [-0.39, 0.29) is 16.2 Å². The summed E-state index contributed by atoms with van der Waals surface area (Å²) in [6.45, 7) is 1.95. The zero-order chi connectivity index (χ0) is 20.6. The molecule has 0 bridgehead atoms. The van der Waals surface area contributed by atoms with Crippen molar-refractivity contribution in [3.63, 3.8) is 0 Å². The molecule has 1 N–H and O–H groups in total. The van der Waals surface area contributed by atoms with Crippen molar-refractivity contribution in [3.8, 4) is 11.5 Å². The minimum Gasteiger partial charge on any atom is -0.453 e. The van der Waals surface area contributed by atoms with Crippen LogP contribution in [-0.2, 0) is 16.4 Å². The lowest BCUT2D eigenvalue weighted by molar-refractivity contribution is 0.0992. The Morgan fingerprint density at radius 2 is 1.86 bits per heavy atom. The van der Waals surface area contributed by atoms with Crippen LogP contribution in [0.5, 0.6) is 11.5 Å². The van der Waals surface area contributed by atoms with Gasteiger partial charge >= 0.3 is 0 Å². The zero-order valence-corrected chi connectivity index (χ0v) is 16.7.